The maximum atomic E-state index is 12.9. The Bertz CT molecular complexity index is 1370. The third-order valence-corrected chi connectivity index (χ3v) is 7.01. The van der Waals surface area contributed by atoms with Crippen molar-refractivity contribution in [3.8, 4) is 11.4 Å². The van der Waals surface area contributed by atoms with Crippen molar-refractivity contribution in [1.29, 1.82) is 0 Å². The number of halogens is 1. The number of benzene rings is 3. The summed E-state index contributed by atoms with van der Waals surface area (Å²) in [5, 5.41) is 14.5. The molecule has 4 rings (SSSR count). The van der Waals surface area contributed by atoms with Gasteiger partial charge in [-0.15, -0.1) is 10.2 Å². The molecule has 0 fully saturated rings. The minimum absolute atomic E-state index is 0.0157. The molecule has 0 bridgehead atoms. The molecule has 3 aromatic carbocycles. The van der Waals surface area contributed by atoms with Gasteiger partial charge in [0.15, 0.2) is 10.9 Å². The zero-order valence-corrected chi connectivity index (χ0v) is 21.9. The van der Waals surface area contributed by atoms with E-state index in [0.29, 0.717) is 29.4 Å². The number of fused-ring (bicyclic) bond motifs is 1. The Morgan fingerprint density at radius 2 is 1.89 bits per heavy atom. The van der Waals surface area contributed by atoms with Crippen LogP contribution in [-0.4, -0.2) is 45.9 Å². The van der Waals surface area contributed by atoms with Crippen LogP contribution in [0.1, 0.15) is 29.5 Å². The number of Topliss-reactive ketones (excluding diaryl/α,β-unsaturated/α-hetero) is 1. The van der Waals surface area contributed by atoms with Gasteiger partial charge in [0.05, 0.1) is 23.0 Å². The lowest BCUT2D eigenvalue weighted by molar-refractivity contribution is -0.118. The molecule has 0 atom stereocenters. The van der Waals surface area contributed by atoms with Crippen LogP contribution < -0.4 is 10.1 Å². The number of amides is 1. The first-order valence-corrected chi connectivity index (χ1v) is 12.9. The molecule has 1 N–H and O–H groups in total. The van der Waals surface area contributed by atoms with Crippen LogP contribution in [0.3, 0.4) is 0 Å². The van der Waals surface area contributed by atoms with Gasteiger partial charge in [-0.25, -0.2) is 0 Å². The number of ketones is 1. The summed E-state index contributed by atoms with van der Waals surface area (Å²) in [6, 6.07) is 19.6. The molecule has 180 valence electrons. The third-order valence-electron chi connectivity index (χ3n) is 5.47. The maximum absolute atomic E-state index is 12.9. The lowest BCUT2D eigenvalue weighted by Gasteiger charge is -2.13. The molecule has 4 aromatic rings. The summed E-state index contributed by atoms with van der Waals surface area (Å²) in [6.45, 7) is 2.07. The van der Waals surface area contributed by atoms with Gasteiger partial charge in [0, 0.05) is 30.8 Å². The highest BCUT2D eigenvalue weighted by Gasteiger charge is 2.18. The molecule has 0 aliphatic rings. The highest BCUT2D eigenvalue weighted by molar-refractivity contribution is 9.10. The van der Waals surface area contributed by atoms with E-state index in [9.17, 15) is 9.59 Å². The van der Waals surface area contributed by atoms with E-state index in [1.54, 1.807) is 25.3 Å². The summed E-state index contributed by atoms with van der Waals surface area (Å²) < 4.78 is 8.02. The molecular weight excluding hydrogens is 528 g/mol. The third kappa shape index (κ3) is 5.91. The molecule has 0 unspecified atom stereocenters. The highest BCUT2D eigenvalue weighted by Crippen LogP contribution is 2.30. The van der Waals surface area contributed by atoms with Gasteiger partial charge in [0.1, 0.15) is 11.6 Å². The Kier molecular flexibility index (Phi) is 8.20. The van der Waals surface area contributed by atoms with Crippen LogP contribution in [0.2, 0.25) is 0 Å². The van der Waals surface area contributed by atoms with Gasteiger partial charge in [0.25, 0.3) is 0 Å². The number of nitrogens with zero attached hydrogens (tertiary/aromatic N) is 3. The fraction of sp³-hybridized carbons (Fsp3) is 0.231. The fourth-order valence-electron chi connectivity index (χ4n) is 3.77. The van der Waals surface area contributed by atoms with Crippen LogP contribution in [0.4, 0.5) is 0 Å². The lowest BCUT2D eigenvalue weighted by atomic mass is 10.1. The van der Waals surface area contributed by atoms with Crippen LogP contribution in [0.25, 0.3) is 16.5 Å². The molecular formula is C26H25BrN4O3S. The Morgan fingerprint density at radius 3 is 2.66 bits per heavy atom. The first-order valence-electron chi connectivity index (χ1n) is 11.1. The molecule has 1 aromatic heterocycles. The summed E-state index contributed by atoms with van der Waals surface area (Å²) in [6.07, 6.45) is 1.36. The fourth-order valence-corrected chi connectivity index (χ4v) is 5.16. The van der Waals surface area contributed by atoms with Gasteiger partial charge in [-0.2, -0.15) is 0 Å². The topological polar surface area (TPSA) is 86.1 Å². The van der Waals surface area contributed by atoms with Gasteiger partial charge in [-0.1, -0.05) is 48.2 Å². The molecule has 35 heavy (non-hydrogen) atoms. The van der Waals surface area contributed by atoms with E-state index in [1.165, 1.54) is 18.7 Å². The van der Waals surface area contributed by atoms with Crippen LogP contribution in [0, 0.1) is 0 Å². The Hall–Kier alpha value is -3.17. The molecule has 0 aliphatic carbocycles. The van der Waals surface area contributed by atoms with Crippen LogP contribution in [0.15, 0.2) is 70.3 Å². The van der Waals surface area contributed by atoms with Gasteiger partial charge >= 0.3 is 0 Å². The molecule has 0 saturated carbocycles. The maximum Gasteiger partial charge on any atom is 0.216 e. The van der Waals surface area contributed by atoms with E-state index >= 15 is 0 Å². The first-order chi connectivity index (χ1) is 17.0. The van der Waals surface area contributed by atoms with E-state index in [1.807, 2.05) is 28.8 Å². The lowest BCUT2D eigenvalue weighted by Crippen LogP contribution is -2.21. The molecule has 0 radical (unpaired) electrons. The molecule has 1 heterocycles. The smallest absolute Gasteiger partial charge is 0.216 e. The number of aromatic nitrogens is 3. The number of rotatable bonds is 10. The van der Waals surface area contributed by atoms with Crippen molar-refractivity contribution in [2.75, 3.05) is 19.4 Å². The standard InChI is InChI=1S/C26H25BrN4O3S/c1-17(32)28-14-6-11-25-29-30-26(31(25)22-10-5-8-18-7-3-4-9-20(18)22)35-16-23(33)19-12-13-24(34-2)21(27)15-19/h3-5,7-10,12-13,15H,6,11,14,16H2,1-2H3,(H,28,32). The molecule has 0 spiro atoms. The van der Waals surface area contributed by atoms with Crippen molar-refractivity contribution < 1.29 is 14.3 Å². The summed E-state index contributed by atoms with van der Waals surface area (Å²) in [5.41, 5.74) is 1.56. The number of carbonyl (C=O) groups excluding carboxylic acids is 2. The Labute approximate surface area is 216 Å². The highest BCUT2D eigenvalue weighted by atomic mass is 79.9. The minimum Gasteiger partial charge on any atom is -0.496 e. The van der Waals surface area contributed by atoms with Crippen LogP contribution in [0.5, 0.6) is 5.75 Å². The summed E-state index contributed by atoms with van der Waals surface area (Å²) in [7, 11) is 1.59. The summed E-state index contributed by atoms with van der Waals surface area (Å²) >= 11 is 4.80. The van der Waals surface area contributed by atoms with Crippen molar-refractivity contribution in [3.63, 3.8) is 0 Å². The van der Waals surface area contributed by atoms with Crippen LogP contribution >= 0.6 is 27.7 Å². The van der Waals surface area contributed by atoms with Crippen molar-refractivity contribution in [2.24, 2.45) is 0 Å². The molecule has 0 aliphatic heterocycles. The number of aryl methyl sites for hydroxylation is 1. The second-order valence-corrected chi connectivity index (χ2v) is 9.68. The van der Waals surface area contributed by atoms with Crippen LogP contribution in [-0.2, 0) is 11.2 Å². The SMILES string of the molecule is COc1ccc(C(=O)CSc2nnc(CCCNC(C)=O)n2-c2cccc3ccccc23)cc1Br. The largest absolute Gasteiger partial charge is 0.496 e. The first kappa shape index (κ1) is 24.9. The van der Waals surface area contributed by atoms with Crippen molar-refractivity contribution in [2.45, 2.75) is 24.9 Å². The minimum atomic E-state index is -0.0551. The number of hydrogen-bond acceptors (Lipinski definition) is 6. The average molecular weight is 553 g/mol. The summed E-state index contributed by atoms with van der Waals surface area (Å²) in [4.78, 5) is 24.2. The quantitative estimate of drug-likeness (QED) is 0.164. The monoisotopic (exact) mass is 552 g/mol. The second kappa shape index (κ2) is 11.5. The number of ether oxygens (including phenoxy) is 1. The summed E-state index contributed by atoms with van der Waals surface area (Å²) in [5.74, 6) is 1.61. The Balaban J connectivity index is 1.62. The average Bonchev–Trinajstić information content (AvgIpc) is 3.27. The van der Waals surface area contributed by atoms with Gasteiger partial charge in [0.2, 0.25) is 5.91 Å². The van der Waals surface area contributed by atoms with Crippen molar-refractivity contribution in [1.82, 2.24) is 20.1 Å². The van der Waals surface area contributed by atoms with E-state index in [-0.39, 0.29) is 17.4 Å². The number of thioether (sulfide) groups is 1. The Morgan fingerprint density at radius 1 is 1.09 bits per heavy atom. The molecule has 0 saturated heterocycles. The zero-order chi connectivity index (χ0) is 24.8. The number of hydrogen-bond donors (Lipinski definition) is 1. The van der Waals surface area contributed by atoms with Crippen molar-refractivity contribution in [3.05, 3.63) is 76.5 Å². The van der Waals surface area contributed by atoms with E-state index in [0.717, 1.165) is 33.2 Å². The van der Waals surface area contributed by atoms with Gasteiger partial charge < -0.3 is 10.1 Å². The zero-order valence-electron chi connectivity index (χ0n) is 19.5. The number of methoxy groups -OCH3 is 1. The second-order valence-electron chi connectivity index (χ2n) is 7.88. The van der Waals surface area contributed by atoms with Gasteiger partial charge in [-0.05, 0) is 52.0 Å². The predicted octanol–water partition coefficient (Wildman–Crippen LogP) is 5.24. The molecule has 7 nitrogen and oxygen atoms in total. The van der Waals surface area contributed by atoms with E-state index in [2.05, 4.69) is 49.6 Å². The number of carbonyl (C=O) groups is 2. The van der Waals surface area contributed by atoms with Gasteiger partial charge in [-0.3, -0.25) is 14.2 Å². The van der Waals surface area contributed by atoms with E-state index < -0.39 is 0 Å². The van der Waals surface area contributed by atoms with E-state index in [4.69, 9.17) is 4.74 Å². The number of nitrogens with one attached hydrogen (secondary N) is 1. The normalized spacial score (nSPS) is 10.9. The predicted molar refractivity (Wildman–Crippen MR) is 142 cm³/mol. The molecule has 1 amide bonds. The molecule has 9 heteroatoms. The van der Waals surface area contributed by atoms with Crippen molar-refractivity contribution >= 4 is 50.2 Å².